The van der Waals surface area contributed by atoms with Crippen molar-refractivity contribution in [2.45, 2.75) is 20.3 Å². The molecule has 2 aromatic rings. The normalized spacial score (nSPS) is 10.1. The molecule has 92 valence electrons. The average molecular weight is 259 g/mol. The SMILES string of the molecule is CC(=O)SCCC#Cc1ccc2oc(C)nc2c1. The zero-order valence-corrected chi connectivity index (χ0v) is 11.1. The van der Waals surface area contributed by atoms with Crippen LogP contribution in [0.25, 0.3) is 11.1 Å². The number of nitrogens with zero attached hydrogens (tertiary/aromatic N) is 1. The van der Waals surface area contributed by atoms with Gasteiger partial charge in [-0.05, 0) is 18.2 Å². The van der Waals surface area contributed by atoms with E-state index in [1.165, 1.54) is 11.8 Å². The van der Waals surface area contributed by atoms with Crippen LogP contribution in [0.15, 0.2) is 22.6 Å². The van der Waals surface area contributed by atoms with Crippen LogP contribution in [0.3, 0.4) is 0 Å². The smallest absolute Gasteiger partial charge is 0.192 e. The fourth-order valence-electron chi connectivity index (χ4n) is 1.53. The van der Waals surface area contributed by atoms with E-state index in [1.807, 2.05) is 25.1 Å². The number of aryl methyl sites for hydroxylation is 1. The quantitative estimate of drug-likeness (QED) is 0.614. The molecule has 0 N–H and O–H groups in total. The summed E-state index contributed by atoms with van der Waals surface area (Å²) in [6.07, 6.45) is 0.708. The molecule has 0 saturated carbocycles. The zero-order chi connectivity index (χ0) is 13.0. The maximum atomic E-state index is 10.7. The number of benzene rings is 1. The summed E-state index contributed by atoms with van der Waals surface area (Å²) in [4.78, 5) is 15.0. The highest BCUT2D eigenvalue weighted by Crippen LogP contribution is 2.16. The van der Waals surface area contributed by atoms with E-state index in [1.54, 1.807) is 6.92 Å². The number of fused-ring (bicyclic) bond motifs is 1. The lowest BCUT2D eigenvalue weighted by molar-refractivity contribution is -0.109. The number of rotatable bonds is 2. The van der Waals surface area contributed by atoms with Crippen LogP contribution in [0, 0.1) is 18.8 Å². The van der Waals surface area contributed by atoms with Crippen LogP contribution in [-0.4, -0.2) is 15.9 Å². The van der Waals surface area contributed by atoms with Gasteiger partial charge in [0.25, 0.3) is 0 Å². The molecule has 0 fully saturated rings. The third-order valence-corrected chi connectivity index (χ3v) is 3.07. The van der Waals surface area contributed by atoms with E-state index in [9.17, 15) is 4.79 Å². The minimum atomic E-state index is 0.135. The van der Waals surface area contributed by atoms with Gasteiger partial charge in [0.2, 0.25) is 0 Å². The zero-order valence-electron chi connectivity index (χ0n) is 10.3. The van der Waals surface area contributed by atoms with Crippen LogP contribution < -0.4 is 0 Å². The Morgan fingerprint density at radius 2 is 2.33 bits per heavy atom. The molecular weight excluding hydrogens is 246 g/mol. The highest BCUT2D eigenvalue weighted by molar-refractivity contribution is 8.13. The predicted octanol–water partition coefficient (Wildman–Crippen LogP) is 3.16. The maximum absolute atomic E-state index is 10.7. The molecule has 0 saturated heterocycles. The Morgan fingerprint density at radius 1 is 1.50 bits per heavy atom. The molecule has 0 aliphatic carbocycles. The van der Waals surface area contributed by atoms with Gasteiger partial charge in [0.15, 0.2) is 16.6 Å². The second-order valence-corrected chi connectivity index (χ2v) is 5.08. The highest BCUT2D eigenvalue weighted by atomic mass is 32.2. The molecule has 0 bridgehead atoms. The van der Waals surface area contributed by atoms with Gasteiger partial charge in [0.05, 0.1) is 0 Å². The average Bonchev–Trinajstić information content (AvgIpc) is 2.67. The Morgan fingerprint density at radius 3 is 3.11 bits per heavy atom. The van der Waals surface area contributed by atoms with Crippen molar-refractivity contribution >= 4 is 28.0 Å². The summed E-state index contributed by atoms with van der Waals surface area (Å²) in [5.74, 6) is 7.51. The highest BCUT2D eigenvalue weighted by Gasteiger charge is 2.01. The van der Waals surface area contributed by atoms with E-state index >= 15 is 0 Å². The summed E-state index contributed by atoms with van der Waals surface area (Å²) in [5, 5.41) is 0.135. The molecule has 0 atom stereocenters. The lowest BCUT2D eigenvalue weighted by Gasteiger charge is -1.90. The fraction of sp³-hybridized carbons (Fsp3) is 0.286. The van der Waals surface area contributed by atoms with Crippen molar-refractivity contribution in [3.63, 3.8) is 0 Å². The number of hydrogen-bond donors (Lipinski definition) is 0. The van der Waals surface area contributed by atoms with Crippen molar-refractivity contribution in [3.05, 3.63) is 29.7 Å². The van der Waals surface area contributed by atoms with Gasteiger partial charge in [-0.2, -0.15) is 0 Å². The van der Waals surface area contributed by atoms with Crippen molar-refractivity contribution < 1.29 is 9.21 Å². The molecule has 18 heavy (non-hydrogen) atoms. The van der Waals surface area contributed by atoms with Gasteiger partial charge in [0.1, 0.15) is 5.52 Å². The van der Waals surface area contributed by atoms with Gasteiger partial charge in [-0.1, -0.05) is 23.6 Å². The summed E-state index contributed by atoms with van der Waals surface area (Å²) in [5.41, 5.74) is 2.53. The van der Waals surface area contributed by atoms with Crippen LogP contribution in [0.4, 0.5) is 0 Å². The first kappa shape index (κ1) is 12.7. The van der Waals surface area contributed by atoms with Crippen LogP contribution in [0.5, 0.6) is 0 Å². The van der Waals surface area contributed by atoms with Crippen molar-refractivity contribution in [3.8, 4) is 11.8 Å². The Balaban J connectivity index is 2.03. The minimum Gasteiger partial charge on any atom is -0.441 e. The van der Waals surface area contributed by atoms with Crippen LogP contribution >= 0.6 is 11.8 Å². The molecule has 0 aliphatic heterocycles. The second-order valence-electron chi connectivity index (χ2n) is 3.81. The molecule has 1 aromatic carbocycles. The van der Waals surface area contributed by atoms with Gasteiger partial charge in [-0.25, -0.2) is 4.98 Å². The third-order valence-electron chi connectivity index (χ3n) is 2.26. The Hall–Kier alpha value is -1.73. The van der Waals surface area contributed by atoms with Gasteiger partial charge in [-0.15, -0.1) is 0 Å². The molecule has 1 aromatic heterocycles. The van der Waals surface area contributed by atoms with E-state index in [0.717, 1.165) is 22.4 Å². The molecular formula is C14H13NO2S. The topological polar surface area (TPSA) is 43.1 Å². The largest absolute Gasteiger partial charge is 0.441 e. The number of thioether (sulfide) groups is 1. The van der Waals surface area contributed by atoms with E-state index < -0.39 is 0 Å². The number of aromatic nitrogens is 1. The van der Waals surface area contributed by atoms with Crippen molar-refractivity contribution in [1.29, 1.82) is 0 Å². The number of oxazole rings is 1. The van der Waals surface area contributed by atoms with Crippen molar-refractivity contribution in [1.82, 2.24) is 4.98 Å². The molecule has 0 radical (unpaired) electrons. The molecule has 3 nitrogen and oxygen atoms in total. The summed E-state index contributed by atoms with van der Waals surface area (Å²) in [6, 6.07) is 5.71. The fourth-order valence-corrected chi connectivity index (χ4v) is 2.02. The van der Waals surface area contributed by atoms with Gasteiger partial charge in [0, 0.05) is 31.6 Å². The first-order chi connectivity index (χ1) is 8.65. The Kier molecular flexibility index (Phi) is 4.06. The summed E-state index contributed by atoms with van der Waals surface area (Å²) in [7, 11) is 0. The molecule has 0 unspecified atom stereocenters. The molecule has 1 heterocycles. The summed E-state index contributed by atoms with van der Waals surface area (Å²) >= 11 is 1.30. The first-order valence-corrected chi connectivity index (χ1v) is 6.63. The summed E-state index contributed by atoms with van der Waals surface area (Å²) < 4.78 is 5.39. The van der Waals surface area contributed by atoms with Crippen molar-refractivity contribution in [2.24, 2.45) is 0 Å². The van der Waals surface area contributed by atoms with Gasteiger partial charge in [-0.3, -0.25) is 4.79 Å². The van der Waals surface area contributed by atoms with E-state index in [0.29, 0.717) is 12.3 Å². The summed E-state index contributed by atoms with van der Waals surface area (Å²) in [6.45, 7) is 3.39. The minimum absolute atomic E-state index is 0.135. The van der Waals surface area contributed by atoms with Crippen LogP contribution in [-0.2, 0) is 4.79 Å². The van der Waals surface area contributed by atoms with E-state index in [4.69, 9.17) is 4.42 Å². The monoisotopic (exact) mass is 259 g/mol. The molecule has 0 spiro atoms. The number of carbonyl (C=O) groups excluding carboxylic acids is 1. The third kappa shape index (κ3) is 3.38. The Bertz CT molecular complexity index is 634. The predicted molar refractivity (Wildman–Crippen MR) is 73.4 cm³/mol. The molecule has 2 rings (SSSR count). The van der Waals surface area contributed by atoms with Crippen molar-refractivity contribution in [2.75, 3.05) is 5.75 Å². The molecule has 0 aliphatic rings. The lowest BCUT2D eigenvalue weighted by atomic mass is 10.2. The van der Waals surface area contributed by atoms with Gasteiger partial charge >= 0.3 is 0 Å². The Labute approximate surface area is 110 Å². The standard InChI is InChI=1S/C14H13NO2S/c1-10-15-13-9-12(6-7-14(13)17-10)5-3-4-8-18-11(2)16/h6-7,9H,4,8H2,1-2H3. The maximum Gasteiger partial charge on any atom is 0.192 e. The van der Waals surface area contributed by atoms with Crippen LogP contribution in [0.2, 0.25) is 0 Å². The number of carbonyl (C=O) groups is 1. The van der Waals surface area contributed by atoms with Crippen LogP contribution in [0.1, 0.15) is 24.8 Å². The first-order valence-electron chi connectivity index (χ1n) is 5.64. The second kappa shape index (κ2) is 5.74. The van der Waals surface area contributed by atoms with Gasteiger partial charge < -0.3 is 4.42 Å². The number of hydrogen-bond acceptors (Lipinski definition) is 4. The molecule has 0 amide bonds. The lowest BCUT2D eigenvalue weighted by Crippen LogP contribution is -1.84. The molecule has 4 heteroatoms. The van der Waals surface area contributed by atoms with E-state index in [-0.39, 0.29) is 5.12 Å². The van der Waals surface area contributed by atoms with E-state index in [2.05, 4.69) is 16.8 Å².